The van der Waals surface area contributed by atoms with Gasteiger partial charge in [-0.3, -0.25) is 4.79 Å². The van der Waals surface area contributed by atoms with E-state index < -0.39 is 0 Å². The summed E-state index contributed by atoms with van der Waals surface area (Å²) in [5.41, 5.74) is 0. The second kappa shape index (κ2) is 6.92. The lowest BCUT2D eigenvalue weighted by molar-refractivity contribution is -0.141. The topological polar surface area (TPSA) is 51.7 Å². The molecule has 0 bridgehead atoms. The number of carbonyl (C=O) groups excluding carboxylic acids is 1. The van der Waals surface area contributed by atoms with Gasteiger partial charge < -0.3 is 14.4 Å². The number of nitrogens with zero attached hydrogens (tertiary/aromatic N) is 2. The lowest BCUT2D eigenvalue weighted by Gasteiger charge is -2.22. The van der Waals surface area contributed by atoms with E-state index in [4.69, 9.17) is 9.47 Å². The predicted molar refractivity (Wildman–Crippen MR) is 82.8 cm³/mol. The van der Waals surface area contributed by atoms with E-state index >= 15 is 0 Å². The molecule has 0 N–H and O–H groups in total. The number of aromatic nitrogens is 1. The molecule has 0 saturated carbocycles. The summed E-state index contributed by atoms with van der Waals surface area (Å²) in [7, 11) is 1.63. The van der Waals surface area contributed by atoms with Crippen molar-refractivity contribution >= 4 is 22.6 Å². The Hall–Kier alpha value is -2.30. The SMILES string of the molecule is CCOC(=O)CN(CC)c1nccc2ccc(OC)cc12. The summed E-state index contributed by atoms with van der Waals surface area (Å²) in [6.45, 7) is 5.03. The van der Waals surface area contributed by atoms with Gasteiger partial charge in [0.25, 0.3) is 0 Å². The normalized spacial score (nSPS) is 10.4. The molecule has 0 atom stereocenters. The average molecular weight is 288 g/mol. The summed E-state index contributed by atoms with van der Waals surface area (Å²) in [5, 5.41) is 2.02. The molecule has 2 aromatic rings. The van der Waals surface area contributed by atoms with Gasteiger partial charge in [0, 0.05) is 18.1 Å². The van der Waals surface area contributed by atoms with Crippen LogP contribution in [0.2, 0.25) is 0 Å². The zero-order valence-electron chi connectivity index (χ0n) is 12.6. The minimum Gasteiger partial charge on any atom is -0.497 e. The second-order valence-corrected chi connectivity index (χ2v) is 4.54. The molecule has 0 aliphatic rings. The van der Waals surface area contributed by atoms with E-state index in [0.717, 1.165) is 22.3 Å². The molecule has 5 nitrogen and oxygen atoms in total. The molecule has 0 spiro atoms. The lowest BCUT2D eigenvalue weighted by Crippen LogP contribution is -2.31. The Morgan fingerprint density at radius 1 is 1.29 bits per heavy atom. The summed E-state index contributed by atoms with van der Waals surface area (Å²) in [6.07, 6.45) is 1.75. The van der Waals surface area contributed by atoms with E-state index in [1.807, 2.05) is 36.1 Å². The van der Waals surface area contributed by atoms with Gasteiger partial charge in [-0.05, 0) is 37.4 Å². The van der Waals surface area contributed by atoms with Crippen LogP contribution < -0.4 is 9.64 Å². The Balaban J connectivity index is 2.40. The van der Waals surface area contributed by atoms with Crippen molar-refractivity contribution in [3.63, 3.8) is 0 Å². The number of carbonyl (C=O) groups is 1. The zero-order valence-corrected chi connectivity index (χ0v) is 12.6. The maximum absolute atomic E-state index is 11.7. The van der Waals surface area contributed by atoms with E-state index in [-0.39, 0.29) is 12.5 Å². The molecule has 0 saturated heterocycles. The van der Waals surface area contributed by atoms with Crippen LogP contribution >= 0.6 is 0 Å². The first-order valence-corrected chi connectivity index (χ1v) is 7.02. The van der Waals surface area contributed by atoms with E-state index in [2.05, 4.69) is 4.98 Å². The summed E-state index contributed by atoms with van der Waals surface area (Å²) in [4.78, 5) is 18.1. The molecule has 112 valence electrons. The standard InChI is InChI=1S/C16H20N2O3/c1-4-18(11-15(19)21-5-2)16-14-10-13(20-3)7-6-12(14)8-9-17-16/h6-10H,4-5,11H2,1-3H3. The molecule has 0 amide bonds. The third kappa shape index (κ3) is 3.42. The summed E-state index contributed by atoms with van der Waals surface area (Å²) in [5.74, 6) is 1.28. The fraction of sp³-hybridized carbons (Fsp3) is 0.375. The third-order valence-corrected chi connectivity index (χ3v) is 3.26. The monoisotopic (exact) mass is 288 g/mol. The largest absolute Gasteiger partial charge is 0.497 e. The number of ether oxygens (including phenoxy) is 2. The molecule has 0 radical (unpaired) electrons. The molecule has 1 aromatic carbocycles. The number of methoxy groups -OCH3 is 1. The highest BCUT2D eigenvalue weighted by Crippen LogP contribution is 2.28. The van der Waals surface area contributed by atoms with Gasteiger partial charge in [0.05, 0.1) is 13.7 Å². The van der Waals surface area contributed by atoms with Crippen LogP contribution in [0.3, 0.4) is 0 Å². The fourth-order valence-electron chi connectivity index (χ4n) is 2.21. The molecule has 21 heavy (non-hydrogen) atoms. The lowest BCUT2D eigenvalue weighted by atomic mass is 10.1. The number of pyridine rings is 1. The highest BCUT2D eigenvalue weighted by atomic mass is 16.5. The summed E-state index contributed by atoms with van der Waals surface area (Å²) >= 11 is 0. The van der Waals surface area contributed by atoms with Gasteiger partial charge >= 0.3 is 5.97 Å². The Kier molecular flexibility index (Phi) is 4.98. The number of hydrogen-bond donors (Lipinski definition) is 0. The number of anilines is 1. The summed E-state index contributed by atoms with van der Waals surface area (Å²) in [6, 6.07) is 7.77. The second-order valence-electron chi connectivity index (χ2n) is 4.54. The third-order valence-electron chi connectivity index (χ3n) is 3.26. The van der Waals surface area contributed by atoms with Crippen LogP contribution in [0.5, 0.6) is 5.75 Å². The van der Waals surface area contributed by atoms with Crippen molar-refractivity contribution in [1.29, 1.82) is 0 Å². The minimum absolute atomic E-state index is 0.188. The average Bonchev–Trinajstić information content (AvgIpc) is 2.52. The van der Waals surface area contributed by atoms with Crippen LogP contribution in [0.25, 0.3) is 10.8 Å². The van der Waals surface area contributed by atoms with Crippen molar-refractivity contribution in [3.8, 4) is 5.75 Å². The maximum Gasteiger partial charge on any atom is 0.325 e. The van der Waals surface area contributed by atoms with Crippen LogP contribution in [-0.2, 0) is 9.53 Å². The Morgan fingerprint density at radius 3 is 2.76 bits per heavy atom. The van der Waals surface area contributed by atoms with Gasteiger partial charge in [-0.2, -0.15) is 0 Å². The van der Waals surface area contributed by atoms with E-state index in [1.165, 1.54) is 0 Å². The molecule has 0 aliphatic heterocycles. The van der Waals surface area contributed by atoms with Crippen LogP contribution in [0.15, 0.2) is 30.5 Å². The number of benzene rings is 1. The van der Waals surface area contributed by atoms with E-state index in [0.29, 0.717) is 13.2 Å². The van der Waals surface area contributed by atoms with Crippen molar-refractivity contribution in [2.24, 2.45) is 0 Å². The first-order valence-electron chi connectivity index (χ1n) is 7.02. The molecule has 5 heteroatoms. The van der Waals surface area contributed by atoms with Gasteiger partial charge in [0.15, 0.2) is 0 Å². The molecule has 0 fully saturated rings. The number of esters is 1. The van der Waals surface area contributed by atoms with Gasteiger partial charge in [-0.1, -0.05) is 6.07 Å². The molecule has 2 rings (SSSR count). The molecule has 0 unspecified atom stereocenters. The van der Waals surface area contributed by atoms with Gasteiger partial charge in [-0.15, -0.1) is 0 Å². The molecule has 0 aliphatic carbocycles. The van der Waals surface area contributed by atoms with E-state index in [9.17, 15) is 4.79 Å². The highest BCUT2D eigenvalue weighted by molar-refractivity contribution is 5.94. The Morgan fingerprint density at radius 2 is 2.10 bits per heavy atom. The number of hydrogen-bond acceptors (Lipinski definition) is 5. The molecule has 1 heterocycles. The highest BCUT2D eigenvalue weighted by Gasteiger charge is 2.15. The Bertz CT molecular complexity index is 628. The predicted octanol–water partition coefficient (Wildman–Crippen LogP) is 2.63. The van der Waals surface area contributed by atoms with E-state index in [1.54, 1.807) is 20.2 Å². The van der Waals surface area contributed by atoms with Crippen LogP contribution in [0, 0.1) is 0 Å². The van der Waals surface area contributed by atoms with Crippen LogP contribution in [-0.4, -0.2) is 37.8 Å². The fourth-order valence-corrected chi connectivity index (χ4v) is 2.21. The van der Waals surface area contributed by atoms with Crippen molar-refractivity contribution < 1.29 is 14.3 Å². The zero-order chi connectivity index (χ0) is 15.2. The van der Waals surface area contributed by atoms with Crippen molar-refractivity contribution in [2.45, 2.75) is 13.8 Å². The molecular weight excluding hydrogens is 268 g/mol. The minimum atomic E-state index is -0.249. The van der Waals surface area contributed by atoms with Crippen LogP contribution in [0.4, 0.5) is 5.82 Å². The quantitative estimate of drug-likeness (QED) is 0.765. The maximum atomic E-state index is 11.7. The van der Waals surface area contributed by atoms with Crippen molar-refractivity contribution in [2.75, 3.05) is 31.7 Å². The molecular formula is C16H20N2O3. The van der Waals surface area contributed by atoms with Crippen LogP contribution in [0.1, 0.15) is 13.8 Å². The molecule has 1 aromatic heterocycles. The first kappa shape index (κ1) is 15.1. The van der Waals surface area contributed by atoms with Gasteiger partial charge in [0.2, 0.25) is 0 Å². The Labute approximate surface area is 124 Å². The van der Waals surface area contributed by atoms with Gasteiger partial charge in [0.1, 0.15) is 18.1 Å². The first-order chi connectivity index (χ1) is 10.2. The van der Waals surface area contributed by atoms with Gasteiger partial charge in [-0.25, -0.2) is 4.98 Å². The smallest absolute Gasteiger partial charge is 0.325 e. The van der Waals surface area contributed by atoms with Crippen molar-refractivity contribution in [3.05, 3.63) is 30.5 Å². The number of likely N-dealkylation sites (N-methyl/N-ethyl adjacent to an activating group) is 1. The number of rotatable bonds is 6. The number of fused-ring (bicyclic) bond motifs is 1. The van der Waals surface area contributed by atoms with Crippen molar-refractivity contribution in [1.82, 2.24) is 4.98 Å². The summed E-state index contributed by atoms with van der Waals surface area (Å²) < 4.78 is 10.3.